The Labute approximate surface area is 142 Å². The van der Waals surface area contributed by atoms with Gasteiger partial charge in [-0.15, -0.1) is 24.8 Å². The molecule has 0 saturated carbocycles. The van der Waals surface area contributed by atoms with Gasteiger partial charge in [-0.25, -0.2) is 0 Å². The summed E-state index contributed by atoms with van der Waals surface area (Å²) in [5, 5.41) is 2.97. The van der Waals surface area contributed by atoms with E-state index in [1.54, 1.807) is 0 Å². The van der Waals surface area contributed by atoms with Gasteiger partial charge in [0.25, 0.3) is 0 Å². The van der Waals surface area contributed by atoms with Crippen molar-refractivity contribution in [1.82, 2.24) is 10.2 Å². The zero-order valence-electron chi connectivity index (χ0n) is 13.5. The van der Waals surface area contributed by atoms with Gasteiger partial charge in [0.2, 0.25) is 5.91 Å². The van der Waals surface area contributed by atoms with Crippen molar-refractivity contribution >= 4 is 30.7 Å². The summed E-state index contributed by atoms with van der Waals surface area (Å²) in [6.07, 6.45) is 6.28. The predicted molar refractivity (Wildman–Crippen MR) is 94.5 cm³/mol. The maximum absolute atomic E-state index is 11.5. The van der Waals surface area contributed by atoms with Crippen molar-refractivity contribution in [3.05, 3.63) is 0 Å². The van der Waals surface area contributed by atoms with Crippen molar-refractivity contribution in [2.24, 2.45) is 11.7 Å². The Morgan fingerprint density at radius 3 is 2.48 bits per heavy atom. The number of rotatable bonds is 8. The average molecular weight is 342 g/mol. The quantitative estimate of drug-likeness (QED) is 0.667. The Morgan fingerprint density at radius 2 is 1.90 bits per heavy atom. The minimum atomic E-state index is 0. The fourth-order valence-corrected chi connectivity index (χ4v) is 2.42. The first kappa shape index (κ1) is 23.2. The lowest BCUT2D eigenvalue weighted by Crippen LogP contribution is -2.34. The molecule has 4 nitrogen and oxygen atoms in total. The molecule has 6 heteroatoms. The number of likely N-dealkylation sites (tertiary alicyclic amines) is 1. The normalized spacial score (nSPS) is 17.5. The van der Waals surface area contributed by atoms with Gasteiger partial charge in [0.05, 0.1) is 0 Å². The molecule has 0 bridgehead atoms. The molecule has 0 aliphatic carbocycles. The summed E-state index contributed by atoms with van der Waals surface area (Å²) in [6.45, 7) is 8.77. The van der Waals surface area contributed by atoms with Gasteiger partial charge in [-0.05, 0) is 64.6 Å². The molecule has 0 aromatic rings. The van der Waals surface area contributed by atoms with Crippen molar-refractivity contribution in [3.8, 4) is 0 Å². The molecule has 1 rings (SSSR count). The molecule has 3 N–H and O–H groups in total. The second-order valence-corrected chi connectivity index (χ2v) is 6.10. The summed E-state index contributed by atoms with van der Waals surface area (Å²) < 4.78 is 0. The molecule has 128 valence electrons. The first-order valence-electron chi connectivity index (χ1n) is 7.82. The van der Waals surface area contributed by atoms with Crippen LogP contribution in [0.5, 0.6) is 0 Å². The number of amides is 1. The Hall–Kier alpha value is -0.0300. The topological polar surface area (TPSA) is 58.4 Å². The second kappa shape index (κ2) is 13.6. The second-order valence-electron chi connectivity index (χ2n) is 6.10. The zero-order valence-corrected chi connectivity index (χ0v) is 15.1. The number of halogens is 2. The van der Waals surface area contributed by atoms with E-state index in [0.29, 0.717) is 6.42 Å². The number of hydrogen-bond acceptors (Lipinski definition) is 3. The van der Waals surface area contributed by atoms with Gasteiger partial charge >= 0.3 is 0 Å². The third kappa shape index (κ3) is 12.2. The zero-order chi connectivity index (χ0) is 14.1. The summed E-state index contributed by atoms with van der Waals surface area (Å²) >= 11 is 0. The summed E-state index contributed by atoms with van der Waals surface area (Å²) in [5.74, 6) is 1.05. The lowest BCUT2D eigenvalue weighted by atomic mass is 9.99. The highest BCUT2D eigenvalue weighted by atomic mass is 35.5. The Morgan fingerprint density at radius 1 is 1.29 bits per heavy atom. The number of carbonyl (C=O) groups excluding carboxylic acids is 1. The van der Waals surface area contributed by atoms with Gasteiger partial charge in [-0.3, -0.25) is 4.79 Å². The van der Waals surface area contributed by atoms with Gasteiger partial charge in [0, 0.05) is 19.0 Å². The van der Waals surface area contributed by atoms with Gasteiger partial charge in [-0.1, -0.05) is 6.92 Å². The molecule has 0 aromatic carbocycles. The first-order valence-corrected chi connectivity index (χ1v) is 7.82. The van der Waals surface area contributed by atoms with E-state index in [9.17, 15) is 4.79 Å². The van der Waals surface area contributed by atoms with Crippen molar-refractivity contribution < 1.29 is 4.79 Å². The van der Waals surface area contributed by atoms with Crippen LogP contribution in [0.3, 0.4) is 0 Å². The molecule has 1 amide bonds. The average Bonchev–Trinajstić information content (AvgIpc) is 2.38. The van der Waals surface area contributed by atoms with Gasteiger partial charge in [-0.2, -0.15) is 0 Å². The van der Waals surface area contributed by atoms with Crippen LogP contribution in [0.1, 0.15) is 52.4 Å². The minimum absolute atomic E-state index is 0. The molecule has 1 fully saturated rings. The van der Waals surface area contributed by atoms with Crippen LogP contribution in [-0.2, 0) is 4.79 Å². The molecule has 1 heterocycles. The molecule has 0 spiro atoms. The van der Waals surface area contributed by atoms with Crippen molar-refractivity contribution in [1.29, 1.82) is 0 Å². The largest absolute Gasteiger partial charge is 0.356 e. The molecule has 21 heavy (non-hydrogen) atoms. The van der Waals surface area contributed by atoms with Gasteiger partial charge in [0.15, 0.2) is 0 Å². The Balaban J connectivity index is 0. The third-order valence-corrected chi connectivity index (χ3v) is 3.93. The summed E-state index contributed by atoms with van der Waals surface area (Å²) in [6, 6.07) is 0.118. The SMILES string of the molecule is CC(N)CCC(=O)NCCCCN1CCC(C)CC1.Cl.Cl. The molecule has 1 unspecified atom stereocenters. The highest BCUT2D eigenvalue weighted by Gasteiger charge is 2.14. The fraction of sp³-hybridized carbons (Fsp3) is 0.933. The van der Waals surface area contributed by atoms with E-state index in [1.165, 1.54) is 38.9 Å². The fourth-order valence-electron chi connectivity index (χ4n) is 2.42. The van der Waals surface area contributed by atoms with E-state index in [-0.39, 0.29) is 36.8 Å². The van der Waals surface area contributed by atoms with Crippen LogP contribution < -0.4 is 11.1 Å². The van der Waals surface area contributed by atoms with Crippen molar-refractivity contribution in [3.63, 3.8) is 0 Å². The summed E-state index contributed by atoms with van der Waals surface area (Å²) in [5.41, 5.74) is 5.62. The molecule has 0 aromatic heterocycles. The summed E-state index contributed by atoms with van der Waals surface area (Å²) in [4.78, 5) is 14.0. The molecule has 1 aliphatic rings. The van der Waals surface area contributed by atoms with Crippen LogP contribution in [0.2, 0.25) is 0 Å². The van der Waals surface area contributed by atoms with E-state index in [1.807, 2.05) is 6.92 Å². The number of nitrogens with zero attached hydrogens (tertiary/aromatic N) is 1. The van der Waals surface area contributed by atoms with Crippen LogP contribution in [0.15, 0.2) is 0 Å². The molecular weight excluding hydrogens is 309 g/mol. The standard InChI is InChI=1S/C15H31N3O.2ClH/c1-13-7-11-18(12-8-13)10-4-3-9-17-15(19)6-5-14(2)16;;/h13-14H,3-12,16H2,1-2H3,(H,17,19);2*1H. The van der Waals surface area contributed by atoms with Crippen LogP contribution in [0.25, 0.3) is 0 Å². The van der Waals surface area contributed by atoms with Crippen LogP contribution in [-0.4, -0.2) is 43.0 Å². The third-order valence-electron chi connectivity index (χ3n) is 3.93. The number of nitrogens with two attached hydrogens (primary N) is 1. The van der Waals surface area contributed by atoms with E-state index in [4.69, 9.17) is 5.73 Å². The van der Waals surface area contributed by atoms with Crippen molar-refractivity contribution in [2.75, 3.05) is 26.2 Å². The van der Waals surface area contributed by atoms with Crippen molar-refractivity contribution in [2.45, 2.75) is 58.4 Å². The number of piperidine rings is 1. The maximum atomic E-state index is 11.5. The molecule has 1 aliphatic heterocycles. The number of nitrogens with one attached hydrogen (secondary N) is 1. The summed E-state index contributed by atoms with van der Waals surface area (Å²) in [7, 11) is 0. The highest BCUT2D eigenvalue weighted by molar-refractivity contribution is 5.85. The lowest BCUT2D eigenvalue weighted by Gasteiger charge is -2.30. The minimum Gasteiger partial charge on any atom is -0.356 e. The van der Waals surface area contributed by atoms with Crippen LogP contribution >= 0.6 is 24.8 Å². The van der Waals surface area contributed by atoms with E-state index >= 15 is 0 Å². The number of carbonyl (C=O) groups is 1. The van der Waals surface area contributed by atoms with Gasteiger partial charge in [0.1, 0.15) is 0 Å². The lowest BCUT2D eigenvalue weighted by molar-refractivity contribution is -0.121. The van der Waals surface area contributed by atoms with E-state index in [2.05, 4.69) is 17.1 Å². The molecule has 1 atom stereocenters. The Bertz CT molecular complexity index is 257. The van der Waals surface area contributed by atoms with Crippen LogP contribution in [0, 0.1) is 5.92 Å². The molecular formula is C15H33Cl2N3O. The molecule has 1 saturated heterocycles. The number of hydrogen-bond donors (Lipinski definition) is 2. The smallest absolute Gasteiger partial charge is 0.220 e. The number of unbranched alkanes of at least 4 members (excludes halogenated alkanes) is 1. The van der Waals surface area contributed by atoms with E-state index in [0.717, 1.165) is 25.3 Å². The predicted octanol–water partition coefficient (Wildman–Crippen LogP) is 2.59. The Kier molecular flexibility index (Phi) is 15.1. The maximum Gasteiger partial charge on any atom is 0.220 e. The van der Waals surface area contributed by atoms with E-state index < -0.39 is 0 Å². The van der Waals surface area contributed by atoms with Gasteiger partial charge < -0.3 is 16.0 Å². The molecule has 0 radical (unpaired) electrons. The highest BCUT2D eigenvalue weighted by Crippen LogP contribution is 2.15. The monoisotopic (exact) mass is 341 g/mol. The van der Waals surface area contributed by atoms with Crippen LogP contribution in [0.4, 0.5) is 0 Å². The first-order chi connectivity index (χ1) is 9.08.